The van der Waals surface area contributed by atoms with E-state index in [0.29, 0.717) is 12.2 Å². The smallest absolute Gasteiger partial charge is 0.128 e. The molecule has 1 aliphatic carbocycles. The molecule has 1 saturated carbocycles. The van der Waals surface area contributed by atoms with Gasteiger partial charge < -0.3 is 4.74 Å². The molecule has 2 unspecified atom stereocenters. The summed E-state index contributed by atoms with van der Waals surface area (Å²) in [5, 5.41) is 0. The topological polar surface area (TPSA) is 47.3 Å². The Hall–Kier alpha value is -1.04. The van der Waals surface area contributed by atoms with Crippen LogP contribution in [0.4, 0.5) is 8.78 Å². The summed E-state index contributed by atoms with van der Waals surface area (Å²) < 4.78 is 33.2. The Morgan fingerprint density at radius 2 is 2.15 bits per heavy atom. The van der Waals surface area contributed by atoms with Crippen LogP contribution in [0.25, 0.3) is 0 Å². The van der Waals surface area contributed by atoms with E-state index in [2.05, 4.69) is 5.43 Å². The van der Waals surface area contributed by atoms with Crippen molar-refractivity contribution in [3.63, 3.8) is 0 Å². The van der Waals surface area contributed by atoms with E-state index in [9.17, 15) is 8.78 Å². The predicted molar refractivity (Wildman–Crippen MR) is 71.7 cm³/mol. The summed E-state index contributed by atoms with van der Waals surface area (Å²) in [4.78, 5) is 0. The maximum Gasteiger partial charge on any atom is 0.128 e. The van der Waals surface area contributed by atoms with Gasteiger partial charge in [-0.15, -0.1) is 0 Å². The highest BCUT2D eigenvalue weighted by Gasteiger charge is 2.44. The largest absolute Gasteiger partial charge is 0.375 e. The van der Waals surface area contributed by atoms with Crippen LogP contribution in [-0.2, 0) is 4.74 Å². The van der Waals surface area contributed by atoms with Gasteiger partial charge in [0.05, 0.1) is 11.6 Å². The molecule has 2 fully saturated rings. The lowest BCUT2D eigenvalue weighted by Gasteiger charge is -2.48. The van der Waals surface area contributed by atoms with Gasteiger partial charge in [0.1, 0.15) is 11.6 Å². The van der Waals surface area contributed by atoms with Gasteiger partial charge in [0, 0.05) is 12.2 Å². The molecule has 2 atom stereocenters. The number of rotatable bonds is 3. The van der Waals surface area contributed by atoms with Crippen molar-refractivity contribution in [2.24, 2.45) is 11.8 Å². The highest BCUT2D eigenvalue weighted by atomic mass is 19.1. The number of hydrogen-bond acceptors (Lipinski definition) is 3. The van der Waals surface area contributed by atoms with Crippen LogP contribution in [0.3, 0.4) is 0 Å². The number of hydrazine groups is 1. The third-order valence-electron chi connectivity index (χ3n) is 4.74. The Kier molecular flexibility index (Phi) is 3.75. The highest BCUT2D eigenvalue weighted by molar-refractivity contribution is 5.23. The average molecular weight is 282 g/mol. The molecule has 20 heavy (non-hydrogen) atoms. The second kappa shape index (κ2) is 5.39. The molecule has 0 bridgehead atoms. The van der Waals surface area contributed by atoms with Crippen LogP contribution in [0, 0.1) is 17.6 Å². The Morgan fingerprint density at radius 1 is 1.35 bits per heavy atom. The average Bonchev–Trinajstić information content (AvgIpc) is 2.42. The van der Waals surface area contributed by atoms with Crippen LogP contribution in [0.2, 0.25) is 0 Å². The molecular weight excluding hydrogens is 262 g/mol. The van der Waals surface area contributed by atoms with Crippen molar-refractivity contribution in [3.05, 3.63) is 35.4 Å². The first-order chi connectivity index (χ1) is 9.63. The van der Waals surface area contributed by atoms with Gasteiger partial charge in [0.15, 0.2) is 0 Å². The summed E-state index contributed by atoms with van der Waals surface area (Å²) in [7, 11) is 0. The van der Waals surface area contributed by atoms with E-state index in [1.807, 2.05) is 0 Å². The zero-order valence-corrected chi connectivity index (χ0v) is 11.4. The van der Waals surface area contributed by atoms with Crippen LogP contribution in [-0.4, -0.2) is 12.2 Å². The summed E-state index contributed by atoms with van der Waals surface area (Å²) >= 11 is 0. The Labute approximate surface area is 117 Å². The number of nitrogens with one attached hydrogen (secondary N) is 1. The van der Waals surface area contributed by atoms with Gasteiger partial charge >= 0.3 is 0 Å². The molecule has 3 N–H and O–H groups in total. The summed E-state index contributed by atoms with van der Waals surface area (Å²) in [6.07, 6.45) is 4.98. The molecule has 110 valence electrons. The van der Waals surface area contributed by atoms with Crippen LogP contribution in [0.5, 0.6) is 0 Å². The lowest BCUT2D eigenvalue weighted by Crippen LogP contribution is -2.48. The molecule has 1 saturated heterocycles. The van der Waals surface area contributed by atoms with Crippen molar-refractivity contribution in [1.29, 1.82) is 0 Å². The summed E-state index contributed by atoms with van der Waals surface area (Å²) in [6, 6.07) is 3.16. The van der Waals surface area contributed by atoms with E-state index in [1.54, 1.807) is 0 Å². The van der Waals surface area contributed by atoms with Gasteiger partial charge in [-0.3, -0.25) is 11.3 Å². The fourth-order valence-electron chi connectivity index (χ4n) is 3.50. The van der Waals surface area contributed by atoms with E-state index in [1.165, 1.54) is 12.5 Å². The fourth-order valence-corrected chi connectivity index (χ4v) is 3.50. The molecular formula is C15H20F2N2O. The van der Waals surface area contributed by atoms with Crippen molar-refractivity contribution in [2.75, 3.05) is 6.61 Å². The third kappa shape index (κ3) is 2.45. The predicted octanol–water partition coefficient (Wildman–Crippen LogP) is 2.82. The van der Waals surface area contributed by atoms with Crippen LogP contribution in [0.15, 0.2) is 18.2 Å². The number of ether oxygens (including phenoxy) is 1. The van der Waals surface area contributed by atoms with E-state index in [0.717, 1.165) is 37.8 Å². The van der Waals surface area contributed by atoms with Crippen LogP contribution < -0.4 is 11.3 Å². The van der Waals surface area contributed by atoms with Crippen molar-refractivity contribution < 1.29 is 13.5 Å². The Morgan fingerprint density at radius 3 is 2.80 bits per heavy atom. The van der Waals surface area contributed by atoms with Crippen LogP contribution in [0.1, 0.15) is 43.7 Å². The first kappa shape index (κ1) is 13.9. The van der Waals surface area contributed by atoms with Crippen molar-refractivity contribution in [2.45, 2.75) is 43.7 Å². The molecule has 3 rings (SSSR count). The van der Waals surface area contributed by atoms with Gasteiger partial charge in [0.2, 0.25) is 0 Å². The van der Waals surface area contributed by atoms with E-state index >= 15 is 0 Å². The maximum atomic E-state index is 14.0. The molecule has 1 heterocycles. The first-order valence-corrected chi connectivity index (χ1v) is 7.19. The molecule has 0 amide bonds. The molecule has 5 heteroatoms. The van der Waals surface area contributed by atoms with Crippen molar-refractivity contribution >= 4 is 0 Å². The minimum atomic E-state index is -0.438. The standard InChI is InChI=1S/C15H20F2N2O/c16-11-2-3-13(17)12(8-11)14(19-18)10-4-7-20-15(9-10)5-1-6-15/h2-3,8,10,14,19H,1,4-7,9,18H2. The number of nitrogens with two attached hydrogens (primary N) is 1. The zero-order valence-electron chi connectivity index (χ0n) is 11.4. The van der Waals surface area contributed by atoms with E-state index < -0.39 is 11.6 Å². The molecule has 0 radical (unpaired) electrons. The Balaban J connectivity index is 1.83. The van der Waals surface area contributed by atoms with E-state index in [-0.39, 0.29) is 17.6 Å². The molecule has 0 aromatic heterocycles. The van der Waals surface area contributed by atoms with Gasteiger partial charge in [-0.2, -0.15) is 0 Å². The number of halogens is 2. The summed E-state index contributed by atoms with van der Waals surface area (Å²) in [5.74, 6) is 4.94. The zero-order chi connectivity index (χ0) is 14.2. The van der Waals surface area contributed by atoms with Crippen molar-refractivity contribution in [3.8, 4) is 0 Å². The number of hydrogen-bond donors (Lipinski definition) is 2. The quantitative estimate of drug-likeness (QED) is 0.662. The maximum absolute atomic E-state index is 14.0. The van der Waals surface area contributed by atoms with Crippen LogP contribution >= 0.6 is 0 Å². The van der Waals surface area contributed by atoms with Crippen molar-refractivity contribution in [1.82, 2.24) is 5.43 Å². The molecule has 2 aliphatic rings. The molecule has 3 nitrogen and oxygen atoms in total. The van der Waals surface area contributed by atoms with Gasteiger partial charge in [0.25, 0.3) is 0 Å². The Bertz CT molecular complexity index is 491. The molecule has 1 spiro atoms. The highest BCUT2D eigenvalue weighted by Crippen LogP contribution is 2.47. The van der Waals surface area contributed by atoms with Gasteiger partial charge in [-0.25, -0.2) is 8.78 Å². The van der Waals surface area contributed by atoms with E-state index in [4.69, 9.17) is 10.6 Å². The van der Waals surface area contributed by atoms with Gasteiger partial charge in [-0.05, 0) is 56.2 Å². The van der Waals surface area contributed by atoms with Gasteiger partial charge in [-0.1, -0.05) is 0 Å². The first-order valence-electron chi connectivity index (χ1n) is 7.19. The lowest BCUT2D eigenvalue weighted by molar-refractivity contribution is -0.147. The lowest BCUT2D eigenvalue weighted by atomic mass is 9.69. The summed E-state index contributed by atoms with van der Waals surface area (Å²) in [5.41, 5.74) is 2.95. The number of benzene rings is 1. The molecule has 1 aliphatic heterocycles. The second-order valence-electron chi connectivity index (χ2n) is 5.95. The minimum absolute atomic E-state index is 0.0399. The normalized spacial score (nSPS) is 26.2. The summed E-state index contributed by atoms with van der Waals surface area (Å²) in [6.45, 7) is 0.666. The monoisotopic (exact) mass is 282 g/mol. The fraction of sp³-hybridized carbons (Fsp3) is 0.600. The SMILES string of the molecule is NNC(c1cc(F)ccc1F)C1CCOC2(CCC2)C1. The molecule has 1 aromatic rings. The second-order valence-corrected chi connectivity index (χ2v) is 5.95. The minimum Gasteiger partial charge on any atom is -0.375 e. The third-order valence-corrected chi connectivity index (χ3v) is 4.74. The molecule has 1 aromatic carbocycles.